The van der Waals surface area contributed by atoms with Gasteiger partial charge in [0, 0.05) is 27.9 Å². The van der Waals surface area contributed by atoms with Gasteiger partial charge < -0.3 is 5.32 Å². The second-order valence-corrected chi connectivity index (χ2v) is 6.68. The van der Waals surface area contributed by atoms with Gasteiger partial charge in [0.05, 0.1) is 12.1 Å². The summed E-state index contributed by atoms with van der Waals surface area (Å²) in [5.41, 5.74) is 2.86. The number of carbonyl (C=O) groups excluding carboxylic acids is 1. The Morgan fingerprint density at radius 3 is 2.73 bits per heavy atom. The van der Waals surface area contributed by atoms with E-state index in [0.717, 1.165) is 22.2 Å². The number of nitrogens with zero attached hydrogens (tertiary/aromatic N) is 3. The first-order chi connectivity index (χ1) is 12.7. The molecule has 2 aromatic heterocycles. The number of halogens is 1. The highest BCUT2D eigenvalue weighted by atomic mass is 79.9. The van der Waals surface area contributed by atoms with E-state index >= 15 is 0 Å². The maximum absolute atomic E-state index is 12.8. The van der Waals surface area contributed by atoms with E-state index in [1.165, 1.54) is 0 Å². The van der Waals surface area contributed by atoms with Crippen molar-refractivity contribution in [3.8, 4) is 0 Å². The van der Waals surface area contributed by atoms with Crippen LogP contribution in [0.25, 0.3) is 10.9 Å². The van der Waals surface area contributed by atoms with Crippen LogP contribution in [0.2, 0.25) is 0 Å². The number of benzene rings is 2. The molecule has 0 saturated heterocycles. The van der Waals surface area contributed by atoms with Gasteiger partial charge in [-0.2, -0.15) is 5.10 Å². The Morgan fingerprint density at radius 1 is 1.08 bits per heavy atom. The zero-order valence-electron chi connectivity index (χ0n) is 13.8. The number of para-hydroxylation sites is 2. The van der Waals surface area contributed by atoms with Crippen molar-refractivity contribution in [1.29, 1.82) is 0 Å². The molecule has 0 bridgehead atoms. The van der Waals surface area contributed by atoms with Gasteiger partial charge in [-0.05, 0) is 45.8 Å². The van der Waals surface area contributed by atoms with E-state index in [1.807, 2.05) is 71.5 Å². The molecule has 2 aromatic carbocycles. The van der Waals surface area contributed by atoms with Crippen LogP contribution in [0.1, 0.15) is 16.1 Å². The lowest BCUT2D eigenvalue weighted by molar-refractivity contribution is 0.102. The molecule has 0 radical (unpaired) electrons. The zero-order valence-corrected chi connectivity index (χ0v) is 15.3. The van der Waals surface area contributed by atoms with Gasteiger partial charge in [0.2, 0.25) is 0 Å². The predicted molar refractivity (Wildman–Crippen MR) is 105 cm³/mol. The van der Waals surface area contributed by atoms with Crippen LogP contribution in [0.4, 0.5) is 5.69 Å². The average molecular weight is 407 g/mol. The topological polar surface area (TPSA) is 59.8 Å². The Hall–Kier alpha value is -2.99. The van der Waals surface area contributed by atoms with Crippen molar-refractivity contribution in [2.75, 3.05) is 5.32 Å². The standard InChI is InChI=1S/C20H15BrN4O/c21-16-12-14-6-1-3-8-17(14)23-19(16)20(26)24-18-9-4-2-7-15(18)13-25-11-5-10-22-25/h1-12H,13H2,(H,24,26). The summed E-state index contributed by atoms with van der Waals surface area (Å²) in [4.78, 5) is 17.3. The van der Waals surface area contributed by atoms with Crippen LogP contribution >= 0.6 is 15.9 Å². The van der Waals surface area contributed by atoms with E-state index in [2.05, 4.69) is 31.3 Å². The lowest BCUT2D eigenvalue weighted by Gasteiger charge is -2.12. The van der Waals surface area contributed by atoms with Crippen LogP contribution in [-0.4, -0.2) is 20.7 Å². The number of carbonyl (C=O) groups is 1. The molecule has 1 N–H and O–H groups in total. The Bertz CT molecular complexity index is 1080. The molecular weight excluding hydrogens is 392 g/mol. The quantitative estimate of drug-likeness (QED) is 0.542. The first kappa shape index (κ1) is 16.5. The van der Waals surface area contributed by atoms with E-state index < -0.39 is 0 Å². The normalized spacial score (nSPS) is 10.8. The number of anilines is 1. The first-order valence-corrected chi connectivity index (χ1v) is 8.92. The third-order valence-corrected chi connectivity index (χ3v) is 4.65. The number of hydrogen-bond acceptors (Lipinski definition) is 3. The van der Waals surface area contributed by atoms with Gasteiger partial charge >= 0.3 is 0 Å². The van der Waals surface area contributed by atoms with E-state index in [1.54, 1.807) is 6.20 Å². The van der Waals surface area contributed by atoms with E-state index in [-0.39, 0.29) is 5.91 Å². The highest BCUT2D eigenvalue weighted by molar-refractivity contribution is 9.10. The van der Waals surface area contributed by atoms with Crippen LogP contribution in [0.5, 0.6) is 0 Å². The molecule has 0 fully saturated rings. The van der Waals surface area contributed by atoms with Crippen LogP contribution in [0, 0.1) is 0 Å². The lowest BCUT2D eigenvalue weighted by atomic mass is 10.1. The summed E-state index contributed by atoms with van der Waals surface area (Å²) in [6.07, 6.45) is 3.62. The van der Waals surface area contributed by atoms with Crippen molar-refractivity contribution in [3.63, 3.8) is 0 Å². The number of rotatable bonds is 4. The van der Waals surface area contributed by atoms with Crippen LogP contribution < -0.4 is 5.32 Å². The number of nitrogens with one attached hydrogen (secondary N) is 1. The predicted octanol–water partition coefficient (Wildman–Crippen LogP) is 4.49. The maximum Gasteiger partial charge on any atom is 0.275 e. The monoisotopic (exact) mass is 406 g/mol. The molecule has 1 amide bonds. The SMILES string of the molecule is O=C(Nc1ccccc1Cn1cccn1)c1nc2ccccc2cc1Br. The molecule has 26 heavy (non-hydrogen) atoms. The molecule has 0 aliphatic rings. The maximum atomic E-state index is 12.8. The molecule has 6 heteroatoms. The van der Waals surface area contributed by atoms with E-state index in [0.29, 0.717) is 16.7 Å². The minimum atomic E-state index is -0.254. The summed E-state index contributed by atoms with van der Waals surface area (Å²) < 4.78 is 2.48. The van der Waals surface area contributed by atoms with Gasteiger partial charge in [-0.1, -0.05) is 36.4 Å². The van der Waals surface area contributed by atoms with Crippen molar-refractivity contribution in [2.24, 2.45) is 0 Å². The summed E-state index contributed by atoms with van der Waals surface area (Å²) in [6.45, 7) is 0.579. The van der Waals surface area contributed by atoms with E-state index in [4.69, 9.17) is 0 Å². The molecular formula is C20H15BrN4O. The van der Waals surface area contributed by atoms with Crippen molar-refractivity contribution >= 4 is 38.4 Å². The molecule has 0 aliphatic heterocycles. The highest BCUT2D eigenvalue weighted by Gasteiger charge is 2.15. The van der Waals surface area contributed by atoms with Crippen molar-refractivity contribution in [1.82, 2.24) is 14.8 Å². The van der Waals surface area contributed by atoms with Crippen LogP contribution in [-0.2, 0) is 6.54 Å². The molecule has 4 rings (SSSR count). The summed E-state index contributed by atoms with van der Waals surface area (Å²) in [7, 11) is 0. The summed E-state index contributed by atoms with van der Waals surface area (Å²) in [5.74, 6) is -0.254. The Labute approximate surface area is 158 Å². The Balaban J connectivity index is 1.64. The summed E-state index contributed by atoms with van der Waals surface area (Å²) in [5, 5.41) is 8.18. The third-order valence-electron chi connectivity index (χ3n) is 4.05. The molecule has 4 aromatic rings. The van der Waals surface area contributed by atoms with Crippen LogP contribution in [0.15, 0.2) is 77.5 Å². The number of aromatic nitrogens is 3. The fourth-order valence-corrected chi connectivity index (χ4v) is 3.29. The molecule has 0 aliphatic carbocycles. The zero-order chi connectivity index (χ0) is 17.9. The highest BCUT2D eigenvalue weighted by Crippen LogP contribution is 2.23. The fourth-order valence-electron chi connectivity index (χ4n) is 2.78. The van der Waals surface area contributed by atoms with E-state index in [9.17, 15) is 4.79 Å². The van der Waals surface area contributed by atoms with Crippen LogP contribution in [0.3, 0.4) is 0 Å². The molecule has 0 atom stereocenters. The third kappa shape index (κ3) is 3.36. The van der Waals surface area contributed by atoms with Gasteiger partial charge in [-0.25, -0.2) is 4.98 Å². The Kier molecular flexibility index (Phi) is 4.50. The van der Waals surface area contributed by atoms with Gasteiger partial charge in [0.25, 0.3) is 5.91 Å². The van der Waals surface area contributed by atoms with Crippen molar-refractivity contribution in [2.45, 2.75) is 6.54 Å². The number of pyridine rings is 1. The molecule has 0 saturated carbocycles. The number of amides is 1. The first-order valence-electron chi connectivity index (χ1n) is 8.13. The minimum absolute atomic E-state index is 0.254. The molecule has 128 valence electrons. The van der Waals surface area contributed by atoms with Crippen molar-refractivity contribution < 1.29 is 4.79 Å². The lowest BCUT2D eigenvalue weighted by Crippen LogP contribution is -2.16. The van der Waals surface area contributed by atoms with Gasteiger partial charge in [-0.15, -0.1) is 0 Å². The molecule has 0 spiro atoms. The largest absolute Gasteiger partial charge is 0.320 e. The Morgan fingerprint density at radius 2 is 1.88 bits per heavy atom. The smallest absolute Gasteiger partial charge is 0.275 e. The summed E-state index contributed by atoms with van der Waals surface area (Å²) >= 11 is 3.46. The van der Waals surface area contributed by atoms with Gasteiger partial charge in [0.1, 0.15) is 5.69 Å². The average Bonchev–Trinajstić information content (AvgIpc) is 3.16. The second kappa shape index (κ2) is 7.09. The minimum Gasteiger partial charge on any atom is -0.320 e. The second-order valence-electron chi connectivity index (χ2n) is 5.83. The number of hydrogen-bond donors (Lipinski definition) is 1. The van der Waals surface area contributed by atoms with Gasteiger partial charge in [0.15, 0.2) is 0 Å². The number of fused-ring (bicyclic) bond motifs is 1. The summed E-state index contributed by atoms with van der Waals surface area (Å²) in [6, 6.07) is 19.2. The fraction of sp³-hybridized carbons (Fsp3) is 0.0500. The van der Waals surface area contributed by atoms with Crippen molar-refractivity contribution in [3.05, 3.63) is 88.8 Å². The molecule has 0 unspecified atom stereocenters. The molecule has 2 heterocycles. The molecule has 5 nitrogen and oxygen atoms in total. The van der Waals surface area contributed by atoms with Gasteiger partial charge in [-0.3, -0.25) is 9.48 Å².